The van der Waals surface area contributed by atoms with Crippen LogP contribution in [0.2, 0.25) is 0 Å². The van der Waals surface area contributed by atoms with Gasteiger partial charge in [0.05, 0.1) is 40.0 Å². The van der Waals surface area contributed by atoms with Crippen LogP contribution in [0, 0.1) is 0 Å². The molecule has 6 atom stereocenters. The summed E-state index contributed by atoms with van der Waals surface area (Å²) in [6, 6.07) is 45.3. The zero-order valence-corrected chi connectivity index (χ0v) is 42.9. The van der Waals surface area contributed by atoms with Crippen LogP contribution in [0.3, 0.4) is 0 Å². The molecule has 2 fully saturated rings. The maximum atomic E-state index is 13.0. The molecule has 9 rings (SSSR count). The Bertz CT molecular complexity index is 3220. The molecule has 4 heterocycles. The quantitative estimate of drug-likeness (QED) is 0.0451. The number of esters is 1. The number of rotatable bonds is 19. The molecule has 0 spiro atoms. The summed E-state index contributed by atoms with van der Waals surface area (Å²) in [6.07, 6.45) is -1.65. The van der Waals surface area contributed by atoms with E-state index in [-0.39, 0.29) is 70.5 Å². The van der Waals surface area contributed by atoms with Crippen molar-refractivity contribution in [2.75, 3.05) is 38.1 Å². The number of ether oxygens (including phenoxy) is 6. The van der Waals surface area contributed by atoms with Crippen molar-refractivity contribution in [2.24, 2.45) is 0 Å². The van der Waals surface area contributed by atoms with Crippen LogP contribution in [0.1, 0.15) is 97.3 Å². The third kappa shape index (κ3) is 14.7. The highest BCUT2D eigenvalue weighted by atomic mass is 16.6. The maximum Gasteiger partial charge on any atom is 0.351 e. The second-order valence-electron chi connectivity index (χ2n) is 18.2. The van der Waals surface area contributed by atoms with Crippen molar-refractivity contribution in [2.45, 2.75) is 89.9 Å². The Balaban J connectivity index is 0.000000273. The molecule has 7 aromatic rings. The molecule has 4 N–H and O–H groups in total. The zero-order valence-electron chi connectivity index (χ0n) is 42.9. The average molecular weight is 1100 g/mol. The predicted molar refractivity (Wildman–Crippen MR) is 297 cm³/mol. The third-order valence-electron chi connectivity index (χ3n) is 13.0. The molecule has 5 aromatic carbocycles. The van der Waals surface area contributed by atoms with Gasteiger partial charge in [-0.3, -0.25) is 23.5 Å². The van der Waals surface area contributed by atoms with E-state index < -0.39 is 72.3 Å². The van der Waals surface area contributed by atoms with Gasteiger partial charge in [0, 0.05) is 42.8 Å². The molecule has 0 unspecified atom stereocenters. The highest BCUT2D eigenvalue weighted by Crippen LogP contribution is 2.43. The number of methoxy groups -OCH3 is 2. The molecule has 20 heteroatoms. The first-order valence-corrected chi connectivity index (χ1v) is 25.0. The summed E-state index contributed by atoms with van der Waals surface area (Å²) < 4.78 is 37.4. The van der Waals surface area contributed by atoms with Gasteiger partial charge in [0.2, 0.25) is 0 Å². The molecular weight excluding hydrogens is 1030 g/mol. The SMILES string of the molecule is C.C.CC(=O)CCC(=O)O[C@H]1C[C@H](n2ccc(NC(=O)c3ccccc3)nc2=O)O[C@@H]1CO.COc1ccc(C(OC[C@H]2O[C@@H](n3ccc(NC(=O)c4ccccc4)nc3=O)C[C@@H]2O)(c2ccccc2)c2ccc(OC)cc2)cc1. The second kappa shape index (κ2) is 28.3. The van der Waals surface area contributed by atoms with Gasteiger partial charge in [-0.1, -0.05) is 106 Å². The lowest BCUT2D eigenvalue weighted by molar-refractivity contribution is -0.153. The van der Waals surface area contributed by atoms with Crippen LogP contribution < -0.4 is 31.5 Å². The number of amides is 2. The van der Waals surface area contributed by atoms with Crippen LogP contribution in [-0.4, -0.2) is 105 Å². The number of anilines is 2. The number of hydrogen-bond acceptors (Lipinski definition) is 16. The monoisotopic (exact) mass is 1090 g/mol. The molecule has 0 radical (unpaired) electrons. The van der Waals surface area contributed by atoms with Gasteiger partial charge in [-0.15, -0.1) is 0 Å². The van der Waals surface area contributed by atoms with Gasteiger partial charge in [0.15, 0.2) is 0 Å². The summed E-state index contributed by atoms with van der Waals surface area (Å²) >= 11 is 0. The maximum absolute atomic E-state index is 13.0. The van der Waals surface area contributed by atoms with Crippen molar-refractivity contribution >= 4 is 35.2 Å². The molecule has 0 aliphatic carbocycles. The van der Waals surface area contributed by atoms with Gasteiger partial charge >= 0.3 is 17.3 Å². The Kier molecular flexibility index (Phi) is 21.4. The Labute approximate surface area is 462 Å². The molecule has 20 nitrogen and oxygen atoms in total. The van der Waals surface area contributed by atoms with Crippen molar-refractivity contribution in [1.82, 2.24) is 19.1 Å². The lowest BCUT2D eigenvalue weighted by atomic mass is 9.80. The van der Waals surface area contributed by atoms with Crippen molar-refractivity contribution in [3.05, 3.63) is 213 Å². The number of ketones is 1. The van der Waals surface area contributed by atoms with Crippen LogP contribution in [0.15, 0.2) is 174 Å². The first-order chi connectivity index (χ1) is 37.8. The van der Waals surface area contributed by atoms with Crippen molar-refractivity contribution < 1.29 is 57.8 Å². The number of nitrogens with zero attached hydrogens (tertiary/aromatic N) is 4. The van der Waals surface area contributed by atoms with Crippen LogP contribution in [0.5, 0.6) is 11.5 Å². The first-order valence-electron chi connectivity index (χ1n) is 25.0. The number of aliphatic hydroxyl groups is 2. The highest BCUT2D eigenvalue weighted by Gasteiger charge is 2.43. The number of carbonyl (C=O) groups is 4. The fraction of sp³-hybridized carbons (Fsp3) is 0.300. The van der Waals surface area contributed by atoms with Crippen molar-refractivity contribution in [1.29, 1.82) is 0 Å². The normalized spacial score (nSPS) is 18.2. The van der Waals surface area contributed by atoms with E-state index in [1.165, 1.54) is 40.6 Å². The van der Waals surface area contributed by atoms with Gasteiger partial charge in [0.1, 0.15) is 65.3 Å². The van der Waals surface area contributed by atoms with Crippen LogP contribution in [-0.2, 0) is 34.1 Å². The molecule has 2 amide bonds. The number of Topliss-reactive ketones (excluding diaryl/α,β-unsaturated/α-hetero) is 1. The van der Waals surface area contributed by atoms with E-state index in [2.05, 4.69) is 20.6 Å². The Hall–Kier alpha value is -8.66. The number of hydrogen-bond donors (Lipinski definition) is 4. The molecule has 2 aliphatic rings. The number of carbonyl (C=O) groups excluding carboxylic acids is 4. The smallest absolute Gasteiger partial charge is 0.351 e. The minimum Gasteiger partial charge on any atom is -0.497 e. The van der Waals surface area contributed by atoms with E-state index in [4.69, 9.17) is 28.4 Å². The van der Waals surface area contributed by atoms with Crippen LogP contribution in [0.25, 0.3) is 0 Å². The third-order valence-corrected chi connectivity index (χ3v) is 13.0. The molecular formula is C60H66N6O14. The van der Waals surface area contributed by atoms with E-state index in [9.17, 15) is 39.0 Å². The van der Waals surface area contributed by atoms with Crippen LogP contribution >= 0.6 is 0 Å². The average Bonchev–Trinajstić information content (AvgIpc) is 4.07. The first kappa shape index (κ1) is 60.6. The molecule has 2 saturated heterocycles. The molecule has 2 aliphatic heterocycles. The van der Waals surface area contributed by atoms with Gasteiger partial charge in [-0.25, -0.2) is 9.59 Å². The number of benzene rings is 5. The summed E-state index contributed by atoms with van der Waals surface area (Å²) in [7, 11) is 3.23. The highest BCUT2D eigenvalue weighted by molar-refractivity contribution is 6.04. The summed E-state index contributed by atoms with van der Waals surface area (Å²) in [5.41, 5.74) is 1.03. The molecule has 0 saturated carbocycles. The van der Waals surface area contributed by atoms with E-state index in [1.54, 1.807) is 68.8 Å². The topological polar surface area (TPSA) is 258 Å². The van der Waals surface area contributed by atoms with Gasteiger partial charge in [0.25, 0.3) is 11.8 Å². The second-order valence-corrected chi connectivity index (χ2v) is 18.2. The minimum absolute atomic E-state index is 0. The minimum atomic E-state index is -1.10. The largest absolute Gasteiger partial charge is 0.497 e. The lowest BCUT2D eigenvalue weighted by Gasteiger charge is -2.37. The Morgan fingerprint density at radius 1 is 0.613 bits per heavy atom. The lowest BCUT2D eigenvalue weighted by Crippen LogP contribution is -2.38. The van der Waals surface area contributed by atoms with Crippen LogP contribution in [0.4, 0.5) is 11.6 Å². The molecule has 2 aromatic heterocycles. The number of aliphatic hydroxyl groups excluding tert-OH is 2. The van der Waals surface area contributed by atoms with E-state index in [1.807, 2.05) is 84.9 Å². The fourth-order valence-corrected chi connectivity index (χ4v) is 8.94. The van der Waals surface area contributed by atoms with Gasteiger partial charge in [-0.2, -0.15) is 9.97 Å². The van der Waals surface area contributed by atoms with Crippen molar-refractivity contribution in [3.63, 3.8) is 0 Å². The summed E-state index contributed by atoms with van der Waals surface area (Å²) in [5, 5.41) is 25.9. The summed E-state index contributed by atoms with van der Waals surface area (Å²) in [5.74, 6) is 0.112. The fourth-order valence-electron chi connectivity index (χ4n) is 8.94. The molecule has 80 heavy (non-hydrogen) atoms. The Morgan fingerprint density at radius 2 is 1.05 bits per heavy atom. The van der Waals surface area contributed by atoms with E-state index >= 15 is 0 Å². The van der Waals surface area contributed by atoms with Gasteiger partial charge in [-0.05, 0) is 84.3 Å². The van der Waals surface area contributed by atoms with E-state index in [0.29, 0.717) is 22.6 Å². The zero-order chi connectivity index (χ0) is 55.2. The predicted octanol–water partition coefficient (Wildman–Crippen LogP) is 7.50. The van der Waals surface area contributed by atoms with E-state index in [0.717, 1.165) is 16.7 Å². The Morgan fingerprint density at radius 3 is 1.49 bits per heavy atom. The van der Waals surface area contributed by atoms with Crippen molar-refractivity contribution in [3.8, 4) is 11.5 Å². The molecule has 420 valence electrons. The number of nitrogens with one attached hydrogen (secondary N) is 2. The van der Waals surface area contributed by atoms with Gasteiger partial charge < -0.3 is 54.1 Å². The standard InChI is InChI=1S/C37H35N3O7.C21H23N3O7.2CH4/c1-44-29-17-13-27(14-18-29)37(26-11-7-4-8-12-26,28-15-19-30(45-2)20-16-28)46-24-32-31(41)23-34(47-32)40-22-21-33(39-36(40)43)38-35(42)25-9-5-3-6-10-25;1-13(26)7-8-19(27)31-15-11-18(30-16(15)12-25)24-10-9-17(23-21(24)29)22-20(28)14-5-3-2-4-6-14;;/h3-22,31-32,34,41H,23-24H2,1-2H3,(H,38,39,42,43);2-6,9-10,15-16,18,25H,7-8,11-12H2,1H3,(H,22,23,28,29);2*1H4/t31-,32+,34+;15-,16+,18+;;/m00../s1. The summed E-state index contributed by atoms with van der Waals surface area (Å²) in [4.78, 5) is 81.0. The number of aromatic nitrogens is 4. The summed E-state index contributed by atoms with van der Waals surface area (Å²) in [6.45, 7) is 0.969. The molecule has 0 bridgehead atoms.